The summed E-state index contributed by atoms with van der Waals surface area (Å²) in [6, 6.07) is 9.92. The summed E-state index contributed by atoms with van der Waals surface area (Å²) in [7, 11) is 0. The lowest BCUT2D eigenvalue weighted by Gasteiger charge is -2.23. The van der Waals surface area contributed by atoms with E-state index in [1.807, 2.05) is 0 Å². The van der Waals surface area contributed by atoms with Gasteiger partial charge in [0, 0.05) is 16.6 Å². The summed E-state index contributed by atoms with van der Waals surface area (Å²) in [5.41, 5.74) is 1.41. The molecule has 1 aromatic carbocycles. The summed E-state index contributed by atoms with van der Waals surface area (Å²) >= 11 is 3.49. The highest BCUT2D eigenvalue weighted by atomic mass is 79.9. The van der Waals surface area contributed by atoms with Gasteiger partial charge in [-0.2, -0.15) is 0 Å². The maximum Gasteiger partial charge on any atom is 0.0175 e. The van der Waals surface area contributed by atoms with Crippen molar-refractivity contribution in [1.82, 2.24) is 5.32 Å². The number of benzene rings is 1. The van der Waals surface area contributed by atoms with Crippen molar-refractivity contribution in [3.63, 3.8) is 0 Å². The average molecular weight is 326 g/mol. The lowest BCUT2D eigenvalue weighted by molar-refractivity contribution is 0.389. The molecule has 0 heterocycles. The van der Waals surface area contributed by atoms with E-state index in [0.29, 0.717) is 12.1 Å². The average Bonchev–Trinajstić information content (AvgIpc) is 2.39. The fraction of sp³-hybridized carbons (Fsp3) is 0.647. The van der Waals surface area contributed by atoms with Crippen LogP contribution in [0.2, 0.25) is 0 Å². The molecule has 19 heavy (non-hydrogen) atoms. The van der Waals surface area contributed by atoms with Crippen LogP contribution in [0, 0.1) is 0 Å². The zero-order valence-electron chi connectivity index (χ0n) is 12.6. The molecule has 0 aliphatic rings. The Balaban J connectivity index is 2.42. The van der Waals surface area contributed by atoms with Crippen molar-refractivity contribution in [2.24, 2.45) is 0 Å². The molecular formula is C17H28BrN. The van der Waals surface area contributed by atoms with Crippen LogP contribution in [0.5, 0.6) is 0 Å². The number of nitrogens with one attached hydrogen (secondary N) is 1. The Morgan fingerprint density at radius 1 is 1.05 bits per heavy atom. The minimum Gasteiger partial charge on any atom is -0.311 e. The van der Waals surface area contributed by atoms with E-state index in [9.17, 15) is 0 Å². The summed E-state index contributed by atoms with van der Waals surface area (Å²) in [5, 5.41) is 3.80. The third-order valence-corrected chi connectivity index (χ3v) is 4.05. The van der Waals surface area contributed by atoms with Crippen molar-refractivity contribution in [3.05, 3.63) is 34.3 Å². The highest BCUT2D eigenvalue weighted by Crippen LogP contribution is 2.13. The van der Waals surface area contributed by atoms with Crippen LogP contribution in [0.4, 0.5) is 0 Å². The minimum atomic E-state index is 0.551. The predicted molar refractivity (Wildman–Crippen MR) is 88.7 cm³/mol. The highest BCUT2D eigenvalue weighted by Gasteiger charge is 2.11. The van der Waals surface area contributed by atoms with E-state index in [4.69, 9.17) is 0 Å². The Hall–Kier alpha value is -0.340. The molecule has 108 valence electrons. The van der Waals surface area contributed by atoms with Gasteiger partial charge < -0.3 is 5.32 Å². The lowest BCUT2D eigenvalue weighted by atomic mass is 10.0. The molecule has 0 saturated carbocycles. The first-order valence-electron chi connectivity index (χ1n) is 7.66. The van der Waals surface area contributed by atoms with Crippen LogP contribution in [0.15, 0.2) is 28.7 Å². The monoisotopic (exact) mass is 325 g/mol. The molecule has 0 amide bonds. The highest BCUT2D eigenvalue weighted by molar-refractivity contribution is 9.10. The van der Waals surface area contributed by atoms with E-state index in [2.05, 4.69) is 66.3 Å². The zero-order valence-corrected chi connectivity index (χ0v) is 14.2. The molecule has 1 nitrogen and oxygen atoms in total. The molecule has 1 N–H and O–H groups in total. The van der Waals surface area contributed by atoms with Crippen LogP contribution in [-0.4, -0.2) is 12.1 Å². The smallest absolute Gasteiger partial charge is 0.0175 e. The molecule has 2 atom stereocenters. The van der Waals surface area contributed by atoms with Crippen molar-refractivity contribution >= 4 is 15.9 Å². The Morgan fingerprint density at radius 3 is 2.32 bits per heavy atom. The minimum absolute atomic E-state index is 0.551. The second kappa shape index (κ2) is 9.55. The van der Waals surface area contributed by atoms with Crippen LogP contribution in [-0.2, 0) is 6.42 Å². The van der Waals surface area contributed by atoms with E-state index >= 15 is 0 Å². The van der Waals surface area contributed by atoms with Gasteiger partial charge in [0.05, 0.1) is 0 Å². The van der Waals surface area contributed by atoms with Crippen LogP contribution in [0.1, 0.15) is 58.4 Å². The molecule has 1 rings (SSSR count). The number of rotatable bonds is 9. The number of halogens is 1. The van der Waals surface area contributed by atoms with Gasteiger partial charge in [-0.25, -0.2) is 0 Å². The molecule has 0 aromatic heterocycles. The summed E-state index contributed by atoms with van der Waals surface area (Å²) in [6.07, 6.45) is 7.62. The molecule has 0 fully saturated rings. The largest absolute Gasteiger partial charge is 0.311 e. The van der Waals surface area contributed by atoms with Gasteiger partial charge in [-0.15, -0.1) is 0 Å². The van der Waals surface area contributed by atoms with E-state index < -0.39 is 0 Å². The summed E-state index contributed by atoms with van der Waals surface area (Å²) in [6.45, 7) is 6.85. The Morgan fingerprint density at radius 2 is 1.74 bits per heavy atom. The molecule has 1 aromatic rings. The Bertz CT molecular complexity index is 334. The molecule has 0 saturated heterocycles. The van der Waals surface area contributed by atoms with Crippen LogP contribution in [0.3, 0.4) is 0 Å². The van der Waals surface area contributed by atoms with Gasteiger partial charge in [0.2, 0.25) is 0 Å². The van der Waals surface area contributed by atoms with Gasteiger partial charge in [-0.05, 0) is 43.9 Å². The second-order valence-corrected chi connectivity index (χ2v) is 6.44. The van der Waals surface area contributed by atoms with Gasteiger partial charge >= 0.3 is 0 Å². The topological polar surface area (TPSA) is 12.0 Å². The SMILES string of the molecule is CCCCC(CCC)NC(C)Cc1ccc(Br)cc1. The predicted octanol–water partition coefficient (Wildman–Crippen LogP) is 5.33. The van der Waals surface area contributed by atoms with E-state index in [0.717, 1.165) is 10.9 Å². The Labute approximate surface area is 127 Å². The molecule has 0 bridgehead atoms. The van der Waals surface area contributed by atoms with Crippen molar-refractivity contribution in [1.29, 1.82) is 0 Å². The summed E-state index contributed by atoms with van der Waals surface area (Å²) in [4.78, 5) is 0. The second-order valence-electron chi connectivity index (χ2n) is 5.53. The van der Waals surface area contributed by atoms with E-state index in [-0.39, 0.29) is 0 Å². The van der Waals surface area contributed by atoms with Gasteiger partial charge in [0.1, 0.15) is 0 Å². The van der Waals surface area contributed by atoms with Gasteiger partial charge in [0.15, 0.2) is 0 Å². The number of unbranched alkanes of at least 4 members (excludes halogenated alkanes) is 1. The third kappa shape index (κ3) is 7.12. The lowest BCUT2D eigenvalue weighted by Crippen LogP contribution is -2.37. The fourth-order valence-corrected chi connectivity index (χ4v) is 2.81. The van der Waals surface area contributed by atoms with Gasteiger partial charge in [0.25, 0.3) is 0 Å². The Kier molecular flexibility index (Phi) is 8.40. The van der Waals surface area contributed by atoms with Crippen LogP contribution < -0.4 is 5.32 Å². The number of hydrogen-bond acceptors (Lipinski definition) is 1. The molecular weight excluding hydrogens is 298 g/mol. The molecule has 2 heteroatoms. The third-order valence-electron chi connectivity index (χ3n) is 3.52. The van der Waals surface area contributed by atoms with Gasteiger partial charge in [-0.1, -0.05) is 61.2 Å². The summed E-state index contributed by atoms with van der Waals surface area (Å²) < 4.78 is 1.16. The zero-order chi connectivity index (χ0) is 14.1. The maximum atomic E-state index is 3.80. The van der Waals surface area contributed by atoms with Crippen molar-refractivity contribution in [2.45, 2.75) is 71.4 Å². The van der Waals surface area contributed by atoms with E-state index in [1.54, 1.807) is 0 Å². The molecule has 2 unspecified atom stereocenters. The molecule has 0 spiro atoms. The van der Waals surface area contributed by atoms with Crippen molar-refractivity contribution in [2.75, 3.05) is 0 Å². The maximum absolute atomic E-state index is 3.80. The molecule has 0 aliphatic heterocycles. The van der Waals surface area contributed by atoms with Crippen molar-refractivity contribution in [3.8, 4) is 0 Å². The standard InChI is InChI=1S/C17H28BrN/c1-4-6-8-17(7-5-2)19-14(3)13-15-9-11-16(18)12-10-15/h9-12,14,17,19H,4-8,13H2,1-3H3. The van der Waals surface area contributed by atoms with Crippen molar-refractivity contribution < 1.29 is 0 Å². The first kappa shape index (κ1) is 16.7. The molecule has 0 radical (unpaired) electrons. The fourth-order valence-electron chi connectivity index (χ4n) is 2.55. The van der Waals surface area contributed by atoms with Gasteiger partial charge in [-0.3, -0.25) is 0 Å². The van der Waals surface area contributed by atoms with Crippen LogP contribution >= 0.6 is 15.9 Å². The quantitative estimate of drug-likeness (QED) is 0.647. The van der Waals surface area contributed by atoms with E-state index in [1.165, 1.54) is 37.7 Å². The molecule has 0 aliphatic carbocycles. The first-order chi connectivity index (χ1) is 9.15. The normalized spacial score (nSPS) is 14.3. The van der Waals surface area contributed by atoms with Crippen LogP contribution in [0.25, 0.3) is 0 Å². The number of hydrogen-bond donors (Lipinski definition) is 1. The first-order valence-corrected chi connectivity index (χ1v) is 8.45. The summed E-state index contributed by atoms with van der Waals surface area (Å²) in [5.74, 6) is 0.